The number of nitrogens with two attached hydrogens (primary N) is 1. The molecule has 2 N–H and O–H groups in total. The van der Waals surface area contributed by atoms with E-state index < -0.39 is 0 Å². The number of hydrogen-bond donors (Lipinski definition) is 1. The average Bonchev–Trinajstić information content (AvgIpc) is 2.89. The van der Waals surface area contributed by atoms with Gasteiger partial charge in [-0.1, -0.05) is 6.92 Å². The highest BCUT2D eigenvalue weighted by Crippen LogP contribution is 2.07. The molecule has 1 unspecified atom stereocenters. The second-order valence-electron chi connectivity index (χ2n) is 4.55. The van der Waals surface area contributed by atoms with Crippen molar-refractivity contribution in [3.05, 3.63) is 42.0 Å². The molecule has 1 atom stereocenters. The Balaban J connectivity index is 1.98. The zero-order valence-corrected chi connectivity index (χ0v) is 10.5. The highest BCUT2D eigenvalue weighted by molar-refractivity contribution is 5.13. The minimum Gasteiger partial charge on any atom is -0.348 e. The summed E-state index contributed by atoms with van der Waals surface area (Å²) >= 11 is 0. The molecule has 0 saturated heterocycles. The van der Waals surface area contributed by atoms with Crippen LogP contribution in [0.25, 0.3) is 0 Å². The molecule has 0 aliphatic rings. The van der Waals surface area contributed by atoms with Crippen LogP contribution in [0.15, 0.2) is 30.7 Å². The molecule has 0 bridgehead atoms. The lowest BCUT2D eigenvalue weighted by Gasteiger charge is -2.05. The Morgan fingerprint density at radius 1 is 1.35 bits per heavy atom. The van der Waals surface area contributed by atoms with Crippen molar-refractivity contribution in [2.45, 2.75) is 32.4 Å². The van der Waals surface area contributed by atoms with Gasteiger partial charge in [-0.3, -0.25) is 4.68 Å². The van der Waals surface area contributed by atoms with Crippen LogP contribution in [0, 0.1) is 0 Å². The summed E-state index contributed by atoms with van der Waals surface area (Å²) in [6.45, 7) is 2.94. The molecule has 2 rings (SSSR count). The molecular weight excluding hydrogens is 212 g/mol. The first-order valence-corrected chi connectivity index (χ1v) is 6.06. The summed E-state index contributed by atoms with van der Waals surface area (Å²) in [6.07, 6.45) is 8.18. The van der Waals surface area contributed by atoms with E-state index in [1.165, 1.54) is 5.56 Å². The largest absolute Gasteiger partial charge is 0.348 e. The lowest BCUT2D eigenvalue weighted by atomic mass is 10.1. The molecule has 2 aromatic heterocycles. The van der Waals surface area contributed by atoms with Crippen LogP contribution >= 0.6 is 0 Å². The maximum Gasteiger partial charge on any atom is 0.0821 e. The van der Waals surface area contributed by atoms with E-state index in [1.807, 2.05) is 24.0 Å². The van der Waals surface area contributed by atoms with Crippen molar-refractivity contribution < 1.29 is 0 Å². The molecule has 4 heteroatoms. The fourth-order valence-electron chi connectivity index (χ4n) is 1.89. The molecule has 17 heavy (non-hydrogen) atoms. The predicted molar refractivity (Wildman–Crippen MR) is 68.7 cm³/mol. The molecule has 0 amide bonds. The number of hydrogen-bond acceptors (Lipinski definition) is 2. The second-order valence-corrected chi connectivity index (χ2v) is 4.55. The van der Waals surface area contributed by atoms with Gasteiger partial charge in [0.1, 0.15) is 0 Å². The maximum absolute atomic E-state index is 5.95. The molecular formula is C13H20N4. The van der Waals surface area contributed by atoms with Gasteiger partial charge < -0.3 is 10.3 Å². The van der Waals surface area contributed by atoms with Gasteiger partial charge >= 0.3 is 0 Å². The summed E-state index contributed by atoms with van der Waals surface area (Å²) in [7, 11) is 1.94. The maximum atomic E-state index is 5.95. The van der Waals surface area contributed by atoms with E-state index in [-0.39, 0.29) is 6.04 Å². The molecule has 0 aliphatic heterocycles. The fourth-order valence-corrected chi connectivity index (χ4v) is 1.89. The van der Waals surface area contributed by atoms with Crippen molar-refractivity contribution in [2.75, 3.05) is 0 Å². The van der Waals surface area contributed by atoms with Gasteiger partial charge in [0, 0.05) is 31.7 Å². The van der Waals surface area contributed by atoms with Gasteiger partial charge in [0.15, 0.2) is 0 Å². The quantitative estimate of drug-likeness (QED) is 0.850. The first-order valence-electron chi connectivity index (χ1n) is 6.06. The van der Waals surface area contributed by atoms with Crippen molar-refractivity contribution in [1.29, 1.82) is 0 Å². The van der Waals surface area contributed by atoms with E-state index in [2.05, 4.69) is 35.0 Å². The summed E-state index contributed by atoms with van der Waals surface area (Å²) < 4.78 is 3.98. The fraction of sp³-hybridized carbons (Fsp3) is 0.462. The number of rotatable bonds is 5. The molecule has 0 fully saturated rings. The molecule has 4 nitrogen and oxygen atoms in total. The Morgan fingerprint density at radius 3 is 2.82 bits per heavy atom. The molecule has 0 aliphatic carbocycles. The Bertz CT molecular complexity index is 469. The molecule has 0 saturated carbocycles. The normalized spacial score (nSPS) is 12.9. The minimum atomic E-state index is 0.265. The van der Waals surface area contributed by atoms with E-state index in [1.54, 1.807) is 0 Å². The average molecular weight is 232 g/mol. The van der Waals surface area contributed by atoms with Crippen LogP contribution in [-0.2, 0) is 20.0 Å². The standard InChI is InChI=1S/C13H20N4/c1-3-12(14)8-11-4-7-17(9-11)10-13-5-6-16(2)15-13/h4-7,9,12H,3,8,10,14H2,1-2H3. The number of aromatic nitrogens is 3. The van der Waals surface area contributed by atoms with E-state index in [4.69, 9.17) is 5.73 Å². The Kier molecular flexibility index (Phi) is 3.64. The summed E-state index contributed by atoms with van der Waals surface area (Å²) in [5.41, 5.74) is 8.32. The zero-order valence-electron chi connectivity index (χ0n) is 10.5. The minimum absolute atomic E-state index is 0.265. The van der Waals surface area contributed by atoms with Crippen LogP contribution in [-0.4, -0.2) is 20.4 Å². The van der Waals surface area contributed by atoms with Gasteiger partial charge in [-0.2, -0.15) is 5.10 Å². The van der Waals surface area contributed by atoms with Gasteiger partial charge in [-0.05, 0) is 30.5 Å². The molecule has 2 heterocycles. The molecule has 92 valence electrons. The van der Waals surface area contributed by atoms with Crippen LogP contribution in [0.5, 0.6) is 0 Å². The van der Waals surface area contributed by atoms with Crippen LogP contribution in [0.3, 0.4) is 0 Å². The van der Waals surface area contributed by atoms with E-state index in [0.717, 1.165) is 25.1 Å². The third-order valence-electron chi connectivity index (χ3n) is 2.95. The number of aryl methyl sites for hydroxylation is 1. The van der Waals surface area contributed by atoms with Gasteiger partial charge in [0.05, 0.1) is 12.2 Å². The molecule has 2 aromatic rings. The summed E-state index contributed by atoms with van der Waals surface area (Å²) in [4.78, 5) is 0. The number of nitrogens with zero attached hydrogens (tertiary/aromatic N) is 3. The van der Waals surface area contributed by atoms with Crippen molar-refractivity contribution in [3.63, 3.8) is 0 Å². The molecule has 0 spiro atoms. The van der Waals surface area contributed by atoms with E-state index >= 15 is 0 Å². The summed E-state index contributed by atoms with van der Waals surface area (Å²) in [6, 6.07) is 4.44. The molecule has 0 radical (unpaired) electrons. The Hall–Kier alpha value is -1.55. The van der Waals surface area contributed by atoms with Gasteiger partial charge in [0.25, 0.3) is 0 Å². The van der Waals surface area contributed by atoms with Gasteiger partial charge in [0.2, 0.25) is 0 Å². The monoisotopic (exact) mass is 232 g/mol. The lowest BCUT2D eigenvalue weighted by molar-refractivity contribution is 0.644. The van der Waals surface area contributed by atoms with E-state index in [9.17, 15) is 0 Å². The zero-order chi connectivity index (χ0) is 12.3. The third-order valence-corrected chi connectivity index (χ3v) is 2.95. The van der Waals surface area contributed by atoms with Gasteiger partial charge in [-0.25, -0.2) is 0 Å². The van der Waals surface area contributed by atoms with Crippen LogP contribution in [0.4, 0.5) is 0 Å². The Morgan fingerprint density at radius 2 is 2.18 bits per heavy atom. The van der Waals surface area contributed by atoms with Crippen molar-refractivity contribution in [2.24, 2.45) is 12.8 Å². The second kappa shape index (κ2) is 5.19. The van der Waals surface area contributed by atoms with Crippen LogP contribution in [0.1, 0.15) is 24.6 Å². The van der Waals surface area contributed by atoms with E-state index in [0.29, 0.717) is 0 Å². The third kappa shape index (κ3) is 3.20. The first-order chi connectivity index (χ1) is 8.17. The van der Waals surface area contributed by atoms with Crippen LogP contribution in [0.2, 0.25) is 0 Å². The lowest BCUT2D eigenvalue weighted by Crippen LogP contribution is -2.21. The summed E-state index contributed by atoms with van der Waals surface area (Å²) in [5, 5.41) is 4.36. The van der Waals surface area contributed by atoms with Crippen LogP contribution < -0.4 is 5.73 Å². The van der Waals surface area contributed by atoms with Crippen molar-refractivity contribution in [1.82, 2.24) is 14.3 Å². The molecule has 0 aromatic carbocycles. The highest BCUT2D eigenvalue weighted by atomic mass is 15.3. The highest BCUT2D eigenvalue weighted by Gasteiger charge is 2.04. The smallest absolute Gasteiger partial charge is 0.0821 e. The van der Waals surface area contributed by atoms with Crippen molar-refractivity contribution in [3.8, 4) is 0 Å². The summed E-state index contributed by atoms with van der Waals surface area (Å²) in [5.74, 6) is 0. The topological polar surface area (TPSA) is 48.8 Å². The first kappa shape index (κ1) is 11.9. The Labute approximate surface area is 102 Å². The van der Waals surface area contributed by atoms with Crippen molar-refractivity contribution >= 4 is 0 Å². The van der Waals surface area contributed by atoms with Gasteiger partial charge in [-0.15, -0.1) is 0 Å². The predicted octanol–water partition coefficient (Wildman–Crippen LogP) is 1.55. The SMILES string of the molecule is CCC(N)Cc1ccn(Cc2ccn(C)n2)c1.